The minimum atomic E-state index is 0.163. The van der Waals surface area contributed by atoms with E-state index in [0.717, 1.165) is 18.7 Å². The lowest BCUT2D eigenvalue weighted by molar-refractivity contribution is -0.133. The first-order valence-electron chi connectivity index (χ1n) is 6.44. The summed E-state index contributed by atoms with van der Waals surface area (Å²) < 4.78 is 5.22. The van der Waals surface area contributed by atoms with Gasteiger partial charge in [-0.25, -0.2) is 0 Å². The number of hydrogen-bond donors (Lipinski definition) is 1. The molecule has 0 atom stereocenters. The maximum Gasteiger partial charge on any atom is 0.225 e. The van der Waals surface area contributed by atoms with Crippen LogP contribution in [0.3, 0.4) is 0 Å². The van der Waals surface area contributed by atoms with Gasteiger partial charge in [0, 0.05) is 25.4 Å². The van der Waals surface area contributed by atoms with E-state index in [9.17, 15) is 4.79 Å². The third kappa shape index (κ3) is 2.82. The van der Waals surface area contributed by atoms with Crippen LogP contribution in [0.5, 0.6) is 0 Å². The van der Waals surface area contributed by atoms with Crippen molar-refractivity contribution in [2.24, 2.45) is 0 Å². The van der Waals surface area contributed by atoms with E-state index < -0.39 is 0 Å². The molecular weight excluding hydrogens is 228 g/mol. The molecule has 4 nitrogen and oxygen atoms in total. The second-order valence-corrected chi connectivity index (χ2v) is 4.50. The van der Waals surface area contributed by atoms with Crippen molar-refractivity contribution in [3.05, 3.63) is 29.3 Å². The number of anilines is 1. The van der Waals surface area contributed by atoms with Crippen LogP contribution in [0.2, 0.25) is 0 Å². The highest BCUT2D eigenvalue weighted by atomic mass is 16.5. The number of fused-ring (bicyclic) bond motifs is 1. The molecule has 0 unspecified atom stereocenters. The Bertz CT molecular complexity index is 432. The van der Waals surface area contributed by atoms with Crippen molar-refractivity contribution < 1.29 is 9.53 Å². The number of rotatable bonds is 4. The van der Waals surface area contributed by atoms with Gasteiger partial charge in [-0.05, 0) is 30.5 Å². The van der Waals surface area contributed by atoms with Crippen molar-refractivity contribution in [3.63, 3.8) is 0 Å². The van der Waals surface area contributed by atoms with Crippen molar-refractivity contribution in [2.75, 3.05) is 25.5 Å². The number of carbonyl (C=O) groups excluding carboxylic acids is 1. The van der Waals surface area contributed by atoms with Crippen LogP contribution in [0.25, 0.3) is 0 Å². The monoisotopic (exact) mass is 248 g/mol. The van der Waals surface area contributed by atoms with Gasteiger partial charge in [0.1, 0.15) is 0 Å². The molecule has 1 amide bonds. The fourth-order valence-corrected chi connectivity index (χ4v) is 2.31. The number of ether oxygens (including phenoxy) is 1. The Morgan fingerprint density at radius 1 is 1.50 bits per heavy atom. The minimum Gasteiger partial charge on any atom is -0.398 e. The number of carbonyl (C=O) groups is 1. The number of benzene rings is 1. The molecule has 0 fully saturated rings. The van der Waals surface area contributed by atoms with Crippen LogP contribution in [0, 0.1) is 0 Å². The van der Waals surface area contributed by atoms with Crippen molar-refractivity contribution in [1.29, 1.82) is 0 Å². The summed E-state index contributed by atoms with van der Waals surface area (Å²) in [6.07, 6.45) is 1.31. The molecule has 2 rings (SSSR count). The first-order chi connectivity index (χ1) is 8.72. The van der Waals surface area contributed by atoms with Crippen LogP contribution < -0.4 is 5.73 Å². The number of nitrogens with two attached hydrogens (primary N) is 1. The normalized spacial score (nSPS) is 14.4. The minimum absolute atomic E-state index is 0.163. The van der Waals surface area contributed by atoms with Gasteiger partial charge in [-0.15, -0.1) is 0 Å². The van der Waals surface area contributed by atoms with Crippen molar-refractivity contribution in [3.8, 4) is 0 Å². The Labute approximate surface area is 108 Å². The summed E-state index contributed by atoms with van der Waals surface area (Å²) in [6, 6.07) is 5.92. The zero-order valence-corrected chi connectivity index (χ0v) is 10.8. The molecule has 0 saturated heterocycles. The van der Waals surface area contributed by atoms with Crippen LogP contribution in [-0.4, -0.2) is 30.6 Å². The quantitative estimate of drug-likeness (QED) is 0.650. The molecule has 2 N–H and O–H groups in total. The first kappa shape index (κ1) is 12.9. The van der Waals surface area contributed by atoms with Gasteiger partial charge >= 0.3 is 0 Å². The summed E-state index contributed by atoms with van der Waals surface area (Å²) in [7, 11) is 0. The summed E-state index contributed by atoms with van der Waals surface area (Å²) in [5, 5.41) is 0. The average molecular weight is 248 g/mol. The smallest absolute Gasteiger partial charge is 0.225 e. The molecule has 0 spiro atoms. The molecule has 1 aliphatic rings. The van der Waals surface area contributed by atoms with Crippen LogP contribution in [0.1, 0.15) is 24.5 Å². The van der Waals surface area contributed by atoms with Gasteiger partial charge in [0.15, 0.2) is 0 Å². The van der Waals surface area contributed by atoms with E-state index in [1.54, 1.807) is 0 Å². The van der Waals surface area contributed by atoms with E-state index in [-0.39, 0.29) is 5.91 Å². The number of hydrogen-bond acceptors (Lipinski definition) is 3. The van der Waals surface area contributed by atoms with Crippen LogP contribution in [0.15, 0.2) is 18.2 Å². The summed E-state index contributed by atoms with van der Waals surface area (Å²) in [4.78, 5) is 13.9. The van der Waals surface area contributed by atoms with Crippen molar-refractivity contribution in [1.82, 2.24) is 4.90 Å². The second kappa shape index (κ2) is 5.87. The van der Waals surface area contributed by atoms with E-state index in [4.69, 9.17) is 10.5 Å². The maximum atomic E-state index is 12.0. The van der Waals surface area contributed by atoms with Gasteiger partial charge in [-0.1, -0.05) is 12.1 Å². The van der Waals surface area contributed by atoms with Gasteiger partial charge in [0.25, 0.3) is 0 Å². The van der Waals surface area contributed by atoms with Crippen molar-refractivity contribution in [2.45, 2.75) is 26.3 Å². The third-order valence-electron chi connectivity index (χ3n) is 3.32. The van der Waals surface area contributed by atoms with Gasteiger partial charge in [0.2, 0.25) is 5.91 Å². The predicted molar refractivity (Wildman–Crippen MR) is 71.1 cm³/mol. The predicted octanol–water partition coefficient (Wildman–Crippen LogP) is 1.58. The largest absolute Gasteiger partial charge is 0.398 e. The van der Waals surface area contributed by atoms with Gasteiger partial charge in [-0.3, -0.25) is 4.79 Å². The number of nitrogens with zero attached hydrogens (tertiary/aromatic N) is 1. The van der Waals surface area contributed by atoms with Gasteiger partial charge in [0.05, 0.1) is 13.0 Å². The highest BCUT2D eigenvalue weighted by molar-refractivity contribution is 5.76. The lowest BCUT2D eigenvalue weighted by Gasteiger charge is -2.29. The zero-order chi connectivity index (χ0) is 13.0. The molecule has 1 aromatic rings. The molecule has 4 heteroatoms. The highest BCUT2D eigenvalue weighted by Crippen LogP contribution is 2.24. The van der Waals surface area contributed by atoms with Crippen LogP contribution in [0.4, 0.5) is 5.69 Å². The first-order valence-corrected chi connectivity index (χ1v) is 6.44. The summed E-state index contributed by atoms with van der Waals surface area (Å²) >= 11 is 0. The Morgan fingerprint density at radius 3 is 3.11 bits per heavy atom. The highest BCUT2D eigenvalue weighted by Gasteiger charge is 2.21. The molecule has 0 aliphatic carbocycles. The van der Waals surface area contributed by atoms with E-state index in [1.807, 2.05) is 30.0 Å². The second-order valence-electron chi connectivity index (χ2n) is 4.50. The summed E-state index contributed by atoms with van der Waals surface area (Å²) in [5.41, 5.74) is 9.15. The van der Waals surface area contributed by atoms with E-state index in [1.165, 1.54) is 11.1 Å². The molecule has 1 heterocycles. The molecular formula is C14H20N2O2. The Morgan fingerprint density at radius 2 is 2.33 bits per heavy atom. The lowest BCUT2D eigenvalue weighted by atomic mass is 9.98. The Hall–Kier alpha value is -1.55. The summed E-state index contributed by atoms with van der Waals surface area (Å²) in [5.74, 6) is 0.163. The lowest BCUT2D eigenvalue weighted by Crippen LogP contribution is -2.36. The molecule has 98 valence electrons. The molecule has 0 aromatic heterocycles. The third-order valence-corrected chi connectivity index (χ3v) is 3.32. The number of amides is 1. The van der Waals surface area contributed by atoms with E-state index in [0.29, 0.717) is 26.2 Å². The van der Waals surface area contributed by atoms with Gasteiger partial charge < -0.3 is 15.4 Å². The van der Waals surface area contributed by atoms with Gasteiger partial charge in [-0.2, -0.15) is 0 Å². The van der Waals surface area contributed by atoms with Crippen LogP contribution in [-0.2, 0) is 22.5 Å². The van der Waals surface area contributed by atoms with Crippen molar-refractivity contribution >= 4 is 11.6 Å². The van der Waals surface area contributed by atoms with E-state index >= 15 is 0 Å². The average Bonchev–Trinajstić information content (AvgIpc) is 2.39. The maximum absolute atomic E-state index is 12.0. The molecule has 0 radical (unpaired) electrons. The standard InChI is InChI=1S/C14H20N2O2/c1-2-18-9-7-14(17)16-8-6-12-11(10-16)4-3-5-13(12)15/h3-5H,2,6-10,15H2,1H3. The molecule has 0 bridgehead atoms. The Kier molecular flexibility index (Phi) is 4.20. The Balaban J connectivity index is 1.97. The molecule has 1 aliphatic heterocycles. The van der Waals surface area contributed by atoms with E-state index in [2.05, 4.69) is 0 Å². The molecule has 1 aromatic carbocycles. The fourth-order valence-electron chi connectivity index (χ4n) is 2.31. The SMILES string of the molecule is CCOCCC(=O)N1CCc2c(N)cccc2C1. The number of nitrogen functional groups attached to an aromatic ring is 1. The summed E-state index contributed by atoms with van der Waals surface area (Å²) in [6.45, 7) is 4.53. The molecule has 0 saturated carbocycles. The zero-order valence-electron chi connectivity index (χ0n) is 10.8. The van der Waals surface area contributed by atoms with Crippen LogP contribution >= 0.6 is 0 Å². The fraction of sp³-hybridized carbons (Fsp3) is 0.500. The molecule has 18 heavy (non-hydrogen) atoms. The topological polar surface area (TPSA) is 55.6 Å².